The number of benzene rings is 1. The number of hydrogen-bond acceptors (Lipinski definition) is 7. The second kappa shape index (κ2) is 11.4. The lowest BCUT2D eigenvalue weighted by atomic mass is 9.79. The summed E-state index contributed by atoms with van der Waals surface area (Å²) in [7, 11) is 4.30. The fraction of sp³-hybridized carbons (Fsp3) is 0.613. The molecular weight excluding hydrogens is 486 g/mol. The van der Waals surface area contributed by atoms with Gasteiger partial charge in [-0.05, 0) is 77.9 Å². The molecule has 2 N–H and O–H groups in total. The minimum absolute atomic E-state index is 0.0886. The Balaban J connectivity index is 1.42. The van der Waals surface area contributed by atoms with Crippen molar-refractivity contribution in [3.63, 3.8) is 0 Å². The molecule has 2 aliphatic rings. The number of piperazine rings is 1. The molecule has 3 atom stereocenters. The third-order valence-electron chi connectivity index (χ3n) is 9.00. The number of piperidine rings is 1. The van der Waals surface area contributed by atoms with Crippen LogP contribution in [0, 0.1) is 0 Å². The van der Waals surface area contributed by atoms with E-state index in [0.717, 1.165) is 81.1 Å². The van der Waals surface area contributed by atoms with Gasteiger partial charge in [-0.3, -0.25) is 9.80 Å². The van der Waals surface area contributed by atoms with Gasteiger partial charge in [-0.25, -0.2) is 9.97 Å². The van der Waals surface area contributed by atoms with Gasteiger partial charge in [-0.2, -0.15) is 0 Å². The topological polar surface area (TPSA) is 72.7 Å². The van der Waals surface area contributed by atoms with Crippen LogP contribution >= 0.6 is 0 Å². The highest BCUT2D eigenvalue weighted by Gasteiger charge is 2.39. The number of nitrogens with one attached hydrogen (secondary N) is 1. The van der Waals surface area contributed by atoms with E-state index in [4.69, 9.17) is 9.97 Å². The second-order valence-corrected chi connectivity index (χ2v) is 11.9. The summed E-state index contributed by atoms with van der Waals surface area (Å²) >= 11 is 0. The fourth-order valence-corrected chi connectivity index (χ4v) is 7.05. The Morgan fingerprint density at radius 3 is 2.44 bits per heavy atom. The molecule has 2 aliphatic heterocycles. The van der Waals surface area contributed by atoms with Crippen LogP contribution in [0.4, 0.5) is 5.69 Å². The zero-order chi connectivity index (χ0) is 27.7. The summed E-state index contributed by atoms with van der Waals surface area (Å²) in [4.78, 5) is 17.7. The first-order valence-electron chi connectivity index (χ1n) is 14.8. The van der Waals surface area contributed by atoms with E-state index in [-0.39, 0.29) is 5.54 Å². The average molecular weight is 534 g/mol. The zero-order valence-electron chi connectivity index (χ0n) is 24.7. The molecule has 0 aliphatic carbocycles. The lowest BCUT2D eigenvalue weighted by molar-refractivity contribution is 0.110. The normalized spacial score (nSPS) is 23.0. The Labute approximate surface area is 234 Å². The van der Waals surface area contributed by atoms with Crippen molar-refractivity contribution < 1.29 is 5.11 Å². The summed E-state index contributed by atoms with van der Waals surface area (Å²) in [6.45, 7) is 13.9. The van der Waals surface area contributed by atoms with Crippen molar-refractivity contribution in [1.82, 2.24) is 29.7 Å². The third kappa shape index (κ3) is 5.39. The third-order valence-corrected chi connectivity index (χ3v) is 9.00. The van der Waals surface area contributed by atoms with E-state index in [2.05, 4.69) is 78.5 Å². The lowest BCUT2D eigenvalue weighted by Gasteiger charge is -2.47. The van der Waals surface area contributed by atoms with Crippen LogP contribution in [-0.2, 0) is 12.1 Å². The van der Waals surface area contributed by atoms with Gasteiger partial charge in [0.1, 0.15) is 17.1 Å². The van der Waals surface area contributed by atoms with Gasteiger partial charge < -0.3 is 19.9 Å². The van der Waals surface area contributed by atoms with Crippen LogP contribution in [0.3, 0.4) is 0 Å². The summed E-state index contributed by atoms with van der Waals surface area (Å²) in [5.74, 6) is 1.49. The van der Waals surface area contributed by atoms with E-state index in [1.54, 1.807) is 6.07 Å². The molecule has 0 unspecified atom stereocenters. The summed E-state index contributed by atoms with van der Waals surface area (Å²) in [5.41, 5.74) is 4.24. The molecule has 8 nitrogen and oxygen atoms in total. The van der Waals surface area contributed by atoms with Gasteiger partial charge in [0.05, 0.1) is 17.9 Å². The molecule has 0 bridgehead atoms. The maximum atomic E-state index is 10.1. The highest BCUT2D eigenvalue weighted by molar-refractivity contribution is 5.76. The number of hydrogen-bond donors (Lipinski definition) is 2. The van der Waals surface area contributed by atoms with Gasteiger partial charge >= 0.3 is 0 Å². The maximum Gasteiger partial charge on any atom is 0.160 e. The number of rotatable bonds is 8. The van der Waals surface area contributed by atoms with Crippen LogP contribution < -0.4 is 10.2 Å². The number of phenols is 1. The molecule has 0 radical (unpaired) electrons. The number of phenolic OH excluding ortho intramolecular Hbond substituents is 1. The number of aromatic nitrogens is 3. The largest absolute Gasteiger partial charge is 0.508 e. The Kier molecular flexibility index (Phi) is 8.17. The minimum atomic E-state index is -0.0886. The van der Waals surface area contributed by atoms with Crippen molar-refractivity contribution in [2.45, 2.75) is 83.6 Å². The Morgan fingerprint density at radius 1 is 1.10 bits per heavy atom. The smallest absolute Gasteiger partial charge is 0.160 e. The number of anilines is 1. The molecule has 2 fully saturated rings. The Bertz CT molecular complexity index is 1250. The van der Waals surface area contributed by atoms with Gasteiger partial charge in [0.2, 0.25) is 0 Å². The van der Waals surface area contributed by atoms with E-state index >= 15 is 0 Å². The molecule has 3 aromatic rings. The molecule has 8 heteroatoms. The van der Waals surface area contributed by atoms with Crippen molar-refractivity contribution in [2.24, 2.45) is 0 Å². The SMILES string of the molecule is CCC[C@@H](c1nc2cc(N3CCC(c4cccc(O)c4)(N(C)C)CC3)cnc2n1CC)N1C[C@@H](C)N[C@@H](C)C1. The monoisotopic (exact) mass is 533 g/mol. The highest BCUT2D eigenvalue weighted by atomic mass is 16.3. The van der Waals surface area contributed by atoms with Crippen LogP contribution in [0.25, 0.3) is 11.2 Å². The Hall–Kier alpha value is -2.68. The predicted octanol–water partition coefficient (Wildman–Crippen LogP) is 4.74. The first kappa shape index (κ1) is 27.9. The molecule has 1 aromatic carbocycles. The number of nitrogens with zero attached hydrogens (tertiary/aromatic N) is 6. The van der Waals surface area contributed by atoms with Crippen molar-refractivity contribution in [3.8, 4) is 5.75 Å². The Morgan fingerprint density at radius 2 is 1.82 bits per heavy atom. The lowest BCUT2D eigenvalue weighted by Crippen LogP contribution is -2.55. The van der Waals surface area contributed by atoms with Crippen molar-refractivity contribution in [2.75, 3.05) is 45.2 Å². The molecule has 2 aromatic heterocycles. The van der Waals surface area contributed by atoms with Gasteiger partial charge in [0.25, 0.3) is 0 Å². The minimum Gasteiger partial charge on any atom is -0.508 e. The summed E-state index contributed by atoms with van der Waals surface area (Å²) in [6, 6.07) is 11.3. The van der Waals surface area contributed by atoms with Crippen molar-refractivity contribution in [3.05, 3.63) is 47.9 Å². The molecule has 0 amide bonds. The molecule has 39 heavy (non-hydrogen) atoms. The standard InChI is InChI=1S/C31H47N7O/c1-7-10-28(37-20-22(3)33-23(4)21-37)30-34-27-18-25(19-32-29(27)38(30)8-2)36-15-13-31(14-16-36,35(5)6)24-11-9-12-26(39)17-24/h9,11-12,17-19,22-23,28,33,39H,7-8,10,13-16,20-21H2,1-6H3/t22-,23+,28-/m0/s1. The van der Waals surface area contributed by atoms with E-state index < -0.39 is 0 Å². The van der Waals surface area contributed by atoms with E-state index in [1.807, 2.05) is 18.3 Å². The van der Waals surface area contributed by atoms with Crippen molar-refractivity contribution in [1.29, 1.82) is 0 Å². The fourth-order valence-electron chi connectivity index (χ4n) is 7.05. The van der Waals surface area contributed by atoms with Gasteiger partial charge in [0.15, 0.2) is 5.65 Å². The van der Waals surface area contributed by atoms with Crippen LogP contribution in [0.1, 0.15) is 70.8 Å². The van der Waals surface area contributed by atoms with Crippen LogP contribution in [0.5, 0.6) is 5.75 Å². The van der Waals surface area contributed by atoms with Crippen LogP contribution in [0.2, 0.25) is 0 Å². The molecule has 0 saturated carbocycles. The number of aromatic hydroxyl groups is 1. The second-order valence-electron chi connectivity index (χ2n) is 11.9. The van der Waals surface area contributed by atoms with Crippen LogP contribution in [0.15, 0.2) is 36.5 Å². The summed E-state index contributed by atoms with van der Waals surface area (Å²) in [6.07, 6.45) is 6.23. The van der Waals surface area contributed by atoms with E-state index in [0.29, 0.717) is 23.9 Å². The molecule has 2 saturated heterocycles. The molecular formula is C31H47N7O. The maximum absolute atomic E-state index is 10.1. The van der Waals surface area contributed by atoms with E-state index in [1.165, 1.54) is 5.56 Å². The first-order valence-corrected chi connectivity index (χ1v) is 14.8. The molecule has 5 rings (SSSR count). The van der Waals surface area contributed by atoms with Gasteiger partial charge in [0, 0.05) is 50.3 Å². The summed E-state index contributed by atoms with van der Waals surface area (Å²) < 4.78 is 2.34. The number of aryl methyl sites for hydroxylation is 1. The van der Waals surface area contributed by atoms with Crippen LogP contribution in [-0.4, -0.2) is 81.8 Å². The highest BCUT2D eigenvalue weighted by Crippen LogP contribution is 2.40. The number of imidazole rings is 1. The predicted molar refractivity (Wildman–Crippen MR) is 159 cm³/mol. The van der Waals surface area contributed by atoms with Gasteiger partial charge in [-0.15, -0.1) is 0 Å². The molecule has 212 valence electrons. The van der Waals surface area contributed by atoms with Crippen molar-refractivity contribution >= 4 is 16.9 Å². The quantitative estimate of drug-likeness (QED) is 0.433. The van der Waals surface area contributed by atoms with Gasteiger partial charge in [-0.1, -0.05) is 25.5 Å². The van der Waals surface area contributed by atoms with E-state index in [9.17, 15) is 5.11 Å². The molecule has 0 spiro atoms. The summed E-state index contributed by atoms with van der Waals surface area (Å²) in [5, 5.41) is 13.8. The molecule has 4 heterocycles. The number of pyridine rings is 1. The average Bonchev–Trinajstić information content (AvgIpc) is 3.28. The number of fused-ring (bicyclic) bond motifs is 1. The zero-order valence-corrected chi connectivity index (χ0v) is 24.7. The first-order chi connectivity index (χ1) is 18.8.